The molecule has 1 saturated heterocycles. The quantitative estimate of drug-likeness (QED) is 0.563. The van der Waals surface area contributed by atoms with Crippen molar-refractivity contribution in [2.75, 3.05) is 18.0 Å². The van der Waals surface area contributed by atoms with Gasteiger partial charge in [0.15, 0.2) is 0 Å². The summed E-state index contributed by atoms with van der Waals surface area (Å²) in [5.41, 5.74) is 1.61. The number of urea groups is 1. The maximum absolute atomic E-state index is 11.8. The predicted molar refractivity (Wildman–Crippen MR) is 95.2 cm³/mol. The Morgan fingerprint density at radius 3 is 2.57 bits per heavy atom. The van der Waals surface area contributed by atoms with E-state index < -0.39 is 10.1 Å². The van der Waals surface area contributed by atoms with Crippen LogP contribution in [0.25, 0.3) is 11.1 Å². The van der Waals surface area contributed by atoms with Crippen molar-refractivity contribution in [3.8, 4) is 11.1 Å². The van der Waals surface area contributed by atoms with Crippen LogP contribution in [0, 0.1) is 3.57 Å². The second kappa shape index (κ2) is 6.10. The third-order valence-electron chi connectivity index (χ3n) is 3.55. The number of carbonyl (C=O) groups is 1. The van der Waals surface area contributed by atoms with Crippen LogP contribution in [-0.4, -0.2) is 32.1 Å². The van der Waals surface area contributed by atoms with Gasteiger partial charge in [0.2, 0.25) is 0 Å². The lowest BCUT2D eigenvalue weighted by Crippen LogP contribution is -2.27. The highest BCUT2D eigenvalue weighted by atomic mass is 127. The van der Waals surface area contributed by atoms with Crippen LogP contribution in [-0.2, 0) is 10.1 Å². The highest BCUT2D eigenvalue weighted by Gasteiger charge is 2.24. The number of hydrogen-bond donors (Lipinski definition) is 2. The third-order valence-corrected chi connectivity index (χ3v) is 5.13. The summed E-state index contributed by atoms with van der Waals surface area (Å²) < 4.78 is 33.8. The van der Waals surface area contributed by atoms with Gasteiger partial charge in [0, 0.05) is 27.9 Å². The molecule has 1 fully saturated rings. The largest absolute Gasteiger partial charge is 0.336 e. The average Bonchev–Trinajstić information content (AvgIpc) is 2.92. The summed E-state index contributed by atoms with van der Waals surface area (Å²) in [5, 5.41) is 2.70. The van der Waals surface area contributed by atoms with Crippen LogP contribution in [0.15, 0.2) is 47.4 Å². The standard InChI is InChI=1S/C15H13IN2O4S/c16-11-3-1-2-10(8-11)13-9-12(18-7-6-17-15(18)19)4-5-14(13)23(20,21)22/h1-5,8-9H,6-7H2,(H,17,19)(H,20,21,22). The summed E-state index contributed by atoms with van der Waals surface area (Å²) in [5.74, 6) is 0. The molecule has 0 saturated carbocycles. The minimum Gasteiger partial charge on any atom is -0.336 e. The van der Waals surface area contributed by atoms with Gasteiger partial charge in [-0.25, -0.2) is 4.79 Å². The summed E-state index contributed by atoms with van der Waals surface area (Å²) in [6.07, 6.45) is 0. The first-order valence-corrected chi connectivity index (χ1v) is 9.31. The number of hydrogen-bond acceptors (Lipinski definition) is 3. The Labute approximate surface area is 147 Å². The molecule has 0 unspecified atom stereocenters. The summed E-state index contributed by atoms with van der Waals surface area (Å²) >= 11 is 2.13. The number of benzene rings is 2. The molecule has 0 atom stereocenters. The van der Waals surface area contributed by atoms with Gasteiger partial charge >= 0.3 is 6.03 Å². The molecule has 2 aromatic carbocycles. The lowest BCUT2D eigenvalue weighted by molar-refractivity contribution is 0.252. The first-order chi connectivity index (χ1) is 10.9. The zero-order valence-electron chi connectivity index (χ0n) is 11.9. The molecule has 2 aromatic rings. The maximum Gasteiger partial charge on any atom is 0.321 e. The van der Waals surface area contributed by atoms with Crippen molar-refractivity contribution in [1.82, 2.24) is 5.32 Å². The molecule has 1 aliphatic heterocycles. The third kappa shape index (κ3) is 3.33. The fraction of sp³-hybridized carbons (Fsp3) is 0.133. The zero-order valence-corrected chi connectivity index (χ0v) is 14.8. The van der Waals surface area contributed by atoms with Gasteiger partial charge in [-0.1, -0.05) is 12.1 Å². The number of amides is 2. The highest BCUT2D eigenvalue weighted by molar-refractivity contribution is 14.1. The molecule has 2 amide bonds. The Morgan fingerprint density at radius 1 is 1.17 bits per heavy atom. The molecule has 0 spiro atoms. The van der Waals surface area contributed by atoms with Gasteiger partial charge in [-0.05, 0) is 58.5 Å². The Balaban J connectivity index is 2.19. The lowest BCUT2D eigenvalue weighted by atomic mass is 10.0. The van der Waals surface area contributed by atoms with Gasteiger partial charge in [-0.2, -0.15) is 8.42 Å². The van der Waals surface area contributed by atoms with E-state index in [0.717, 1.165) is 3.57 Å². The Hall–Kier alpha value is -1.65. The monoisotopic (exact) mass is 444 g/mol. The Kier molecular flexibility index (Phi) is 4.30. The van der Waals surface area contributed by atoms with E-state index in [2.05, 4.69) is 27.9 Å². The zero-order chi connectivity index (χ0) is 16.6. The summed E-state index contributed by atoms with van der Waals surface area (Å²) in [6.45, 7) is 1.05. The van der Waals surface area contributed by atoms with Gasteiger partial charge < -0.3 is 5.32 Å². The number of nitrogens with one attached hydrogen (secondary N) is 1. The first kappa shape index (κ1) is 16.2. The van der Waals surface area contributed by atoms with Crippen LogP contribution < -0.4 is 10.2 Å². The van der Waals surface area contributed by atoms with Crippen molar-refractivity contribution in [3.05, 3.63) is 46.0 Å². The first-order valence-electron chi connectivity index (χ1n) is 6.79. The summed E-state index contributed by atoms with van der Waals surface area (Å²) in [7, 11) is -4.37. The van der Waals surface area contributed by atoms with Crippen molar-refractivity contribution >= 4 is 44.4 Å². The molecule has 120 valence electrons. The van der Waals surface area contributed by atoms with E-state index in [1.54, 1.807) is 18.2 Å². The topological polar surface area (TPSA) is 86.7 Å². The Morgan fingerprint density at radius 2 is 1.96 bits per heavy atom. The predicted octanol–water partition coefficient (Wildman–Crippen LogP) is 2.73. The molecule has 1 aliphatic rings. The van der Waals surface area contributed by atoms with Crippen molar-refractivity contribution in [2.24, 2.45) is 0 Å². The molecule has 3 rings (SSSR count). The second-order valence-corrected chi connectivity index (χ2v) is 7.69. The fourth-order valence-corrected chi connectivity index (χ4v) is 3.75. The molecule has 23 heavy (non-hydrogen) atoms. The molecular formula is C15H13IN2O4S. The Bertz CT molecular complexity index is 883. The number of halogens is 1. The van der Waals surface area contributed by atoms with Crippen molar-refractivity contribution < 1.29 is 17.8 Å². The molecule has 0 bridgehead atoms. The molecule has 1 heterocycles. The van der Waals surface area contributed by atoms with Gasteiger partial charge in [-0.15, -0.1) is 0 Å². The highest BCUT2D eigenvalue weighted by Crippen LogP contribution is 2.32. The van der Waals surface area contributed by atoms with Crippen LogP contribution in [0.3, 0.4) is 0 Å². The minimum absolute atomic E-state index is 0.178. The molecular weight excluding hydrogens is 431 g/mol. The van der Waals surface area contributed by atoms with E-state index in [1.807, 2.05) is 12.1 Å². The van der Waals surface area contributed by atoms with Crippen molar-refractivity contribution in [2.45, 2.75) is 4.90 Å². The molecule has 6 nitrogen and oxygen atoms in total. The number of rotatable bonds is 3. The molecule has 2 N–H and O–H groups in total. The van der Waals surface area contributed by atoms with Crippen molar-refractivity contribution in [1.29, 1.82) is 0 Å². The van der Waals surface area contributed by atoms with Gasteiger partial charge in [0.05, 0.1) is 0 Å². The van der Waals surface area contributed by atoms with E-state index in [9.17, 15) is 17.8 Å². The van der Waals surface area contributed by atoms with E-state index in [1.165, 1.54) is 17.0 Å². The molecule has 0 aromatic heterocycles. The number of anilines is 1. The summed E-state index contributed by atoms with van der Waals surface area (Å²) in [4.78, 5) is 13.2. The maximum atomic E-state index is 11.8. The van der Waals surface area contributed by atoms with Crippen molar-refractivity contribution in [3.63, 3.8) is 0 Å². The molecule has 0 aliphatic carbocycles. The van der Waals surface area contributed by atoms with Crippen LogP contribution in [0.1, 0.15) is 0 Å². The SMILES string of the molecule is O=C1NCCN1c1ccc(S(=O)(=O)O)c(-c2cccc(I)c2)c1. The van der Waals surface area contributed by atoms with E-state index in [-0.39, 0.29) is 10.9 Å². The smallest absolute Gasteiger partial charge is 0.321 e. The minimum atomic E-state index is -4.37. The summed E-state index contributed by atoms with van der Waals surface area (Å²) in [6, 6.07) is 11.5. The molecule has 0 radical (unpaired) electrons. The second-order valence-electron chi connectivity index (χ2n) is 5.05. The lowest BCUT2D eigenvalue weighted by Gasteiger charge is -2.17. The number of nitrogens with zero attached hydrogens (tertiary/aromatic N) is 1. The average molecular weight is 444 g/mol. The van der Waals surface area contributed by atoms with Crippen LogP contribution in [0.5, 0.6) is 0 Å². The number of carbonyl (C=O) groups excluding carboxylic acids is 1. The van der Waals surface area contributed by atoms with E-state index >= 15 is 0 Å². The molecule has 8 heteroatoms. The van der Waals surface area contributed by atoms with Gasteiger partial charge in [0.1, 0.15) is 4.90 Å². The van der Waals surface area contributed by atoms with Gasteiger partial charge in [-0.3, -0.25) is 9.45 Å². The fourth-order valence-electron chi connectivity index (χ4n) is 2.51. The van der Waals surface area contributed by atoms with Crippen LogP contribution in [0.2, 0.25) is 0 Å². The van der Waals surface area contributed by atoms with E-state index in [4.69, 9.17) is 0 Å². The normalized spacial score (nSPS) is 14.9. The van der Waals surface area contributed by atoms with Crippen LogP contribution >= 0.6 is 22.6 Å². The van der Waals surface area contributed by atoms with Gasteiger partial charge in [0.25, 0.3) is 10.1 Å². The van der Waals surface area contributed by atoms with Crippen LogP contribution in [0.4, 0.5) is 10.5 Å². The van der Waals surface area contributed by atoms with E-state index in [0.29, 0.717) is 29.9 Å².